The van der Waals surface area contributed by atoms with Gasteiger partial charge in [-0.25, -0.2) is 0 Å². The number of nitrogens with one attached hydrogen (secondary N) is 1. The van der Waals surface area contributed by atoms with Crippen LogP contribution in [0.25, 0.3) is 0 Å². The Labute approximate surface area is 116 Å². The average Bonchev–Trinajstić information content (AvgIpc) is 2.35. The topological polar surface area (TPSA) is 30.5 Å². The van der Waals surface area contributed by atoms with Crippen molar-refractivity contribution >= 4 is 0 Å². The Morgan fingerprint density at radius 3 is 2.68 bits per heavy atom. The molecule has 1 aromatic carbocycles. The maximum atomic E-state index is 5.60. The first-order valence-electron chi connectivity index (χ1n) is 7.27. The van der Waals surface area contributed by atoms with Gasteiger partial charge in [-0.15, -0.1) is 0 Å². The quantitative estimate of drug-likeness (QED) is 0.818. The lowest BCUT2D eigenvalue weighted by Crippen LogP contribution is -2.36. The van der Waals surface area contributed by atoms with Gasteiger partial charge in [-0.2, -0.15) is 0 Å². The van der Waals surface area contributed by atoms with E-state index in [1.807, 2.05) is 13.0 Å². The molecular weight excluding hydrogens is 238 g/mol. The highest BCUT2D eigenvalue weighted by Gasteiger charge is 2.23. The van der Waals surface area contributed by atoms with Crippen molar-refractivity contribution in [3.63, 3.8) is 0 Å². The van der Waals surface area contributed by atoms with Crippen LogP contribution in [0, 0.1) is 5.92 Å². The molecular formula is C16H25NO2. The molecule has 1 aliphatic carbocycles. The molecule has 0 bridgehead atoms. The fraction of sp³-hybridized carbons (Fsp3) is 0.625. The highest BCUT2D eigenvalue weighted by Crippen LogP contribution is 2.30. The van der Waals surface area contributed by atoms with Gasteiger partial charge < -0.3 is 14.8 Å². The second-order valence-corrected chi connectivity index (χ2v) is 5.28. The summed E-state index contributed by atoms with van der Waals surface area (Å²) >= 11 is 0. The van der Waals surface area contributed by atoms with E-state index >= 15 is 0 Å². The molecule has 3 nitrogen and oxygen atoms in total. The van der Waals surface area contributed by atoms with Gasteiger partial charge in [0.25, 0.3) is 0 Å². The van der Waals surface area contributed by atoms with Crippen molar-refractivity contribution in [1.82, 2.24) is 5.32 Å². The molecule has 0 aromatic heterocycles. The van der Waals surface area contributed by atoms with E-state index in [2.05, 4.69) is 24.4 Å². The highest BCUT2D eigenvalue weighted by atomic mass is 16.5. The van der Waals surface area contributed by atoms with Crippen molar-refractivity contribution in [3.05, 3.63) is 23.8 Å². The molecule has 2 rings (SSSR count). The summed E-state index contributed by atoms with van der Waals surface area (Å²) in [4.78, 5) is 0. The second-order valence-electron chi connectivity index (χ2n) is 5.28. The van der Waals surface area contributed by atoms with Crippen molar-refractivity contribution in [1.29, 1.82) is 0 Å². The fourth-order valence-corrected chi connectivity index (χ4v) is 2.48. The van der Waals surface area contributed by atoms with Crippen molar-refractivity contribution in [2.24, 2.45) is 5.92 Å². The molecule has 1 aliphatic rings. The third kappa shape index (κ3) is 3.63. The normalized spacial score (nSPS) is 16.8. The fourth-order valence-electron chi connectivity index (χ4n) is 2.48. The summed E-state index contributed by atoms with van der Waals surface area (Å²) in [6.45, 7) is 5.83. The number of rotatable bonds is 7. The van der Waals surface area contributed by atoms with Gasteiger partial charge >= 0.3 is 0 Å². The van der Waals surface area contributed by atoms with Gasteiger partial charge in [0, 0.05) is 12.6 Å². The number of methoxy groups -OCH3 is 1. The van der Waals surface area contributed by atoms with Gasteiger partial charge in [0.15, 0.2) is 11.5 Å². The van der Waals surface area contributed by atoms with Gasteiger partial charge in [-0.3, -0.25) is 0 Å². The summed E-state index contributed by atoms with van der Waals surface area (Å²) in [6, 6.07) is 6.76. The molecule has 0 heterocycles. The van der Waals surface area contributed by atoms with Crippen LogP contribution in [-0.2, 0) is 6.54 Å². The molecule has 0 radical (unpaired) electrons. The van der Waals surface area contributed by atoms with Gasteiger partial charge in [-0.1, -0.05) is 12.5 Å². The van der Waals surface area contributed by atoms with Gasteiger partial charge in [0.2, 0.25) is 0 Å². The Balaban J connectivity index is 1.93. The van der Waals surface area contributed by atoms with Crippen molar-refractivity contribution in [3.8, 4) is 11.5 Å². The second kappa shape index (κ2) is 6.80. The third-order valence-electron chi connectivity index (χ3n) is 4.01. The minimum atomic E-state index is 0.603. The Morgan fingerprint density at radius 1 is 1.32 bits per heavy atom. The van der Waals surface area contributed by atoms with E-state index in [0.717, 1.165) is 24.0 Å². The zero-order chi connectivity index (χ0) is 13.7. The van der Waals surface area contributed by atoms with E-state index in [1.54, 1.807) is 7.11 Å². The zero-order valence-corrected chi connectivity index (χ0v) is 12.2. The van der Waals surface area contributed by atoms with Crippen LogP contribution in [-0.4, -0.2) is 19.8 Å². The zero-order valence-electron chi connectivity index (χ0n) is 12.2. The number of hydrogen-bond donors (Lipinski definition) is 1. The first-order chi connectivity index (χ1) is 9.24. The van der Waals surface area contributed by atoms with Gasteiger partial charge in [0.1, 0.15) is 0 Å². The van der Waals surface area contributed by atoms with Crippen LogP contribution in [0.3, 0.4) is 0 Å². The lowest BCUT2D eigenvalue weighted by Gasteiger charge is -2.32. The average molecular weight is 263 g/mol. The van der Waals surface area contributed by atoms with E-state index in [-0.39, 0.29) is 0 Å². The molecule has 0 aliphatic heterocycles. The Hall–Kier alpha value is -1.22. The standard InChI is InChI=1S/C16H25NO2/c1-4-19-16-10-13(8-9-15(16)18-3)11-17-12(2)14-6-5-7-14/h8-10,12,14,17H,4-7,11H2,1-3H3. The molecule has 1 atom stereocenters. The summed E-state index contributed by atoms with van der Waals surface area (Å²) < 4.78 is 10.9. The van der Waals surface area contributed by atoms with Crippen LogP contribution < -0.4 is 14.8 Å². The molecule has 1 fully saturated rings. The summed E-state index contributed by atoms with van der Waals surface area (Å²) in [5.74, 6) is 2.50. The first kappa shape index (κ1) is 14.2. The van der Waals surface area contributed by atoms with E-state index in [0.29, 0.717) is 12.6 Å². The van der Waals surface area contributed by atoms with E-state index in [1.165, 1.54) is 24.8 Å². The van der Waals surface area contributed by atoms with Crippen molar-refractivity contribution in [2.75, 3.05) is 13.7 Å². The van der Waals surface area contributed by atoms with Crippen molar-refractivity contribution < 1.29 is 9.47 Å². The number of ether oxygens (including phenoxy) is 2. The monoisotopic (exact) mass is 263 g/mol. The van der Waals surface area contributed by atoms with Crippen LogP contribution in [0.2, 0.25) is 0 Å². The van der Waals surface area contributed by atoms with Crippen LogP contribution >= 0.6 is 0 Å². The van der Waals surface area contributed by atoms with Crippen LogP contribution in [0.4, 0.5) is 0 Å². The predicted octanol–water partition coefficient (Wildman–Crippen LogP) is 3.37. The molecule has 106 valence electrons. The van der Waals surface area contributed by atoms with Crippen LogP contribution in [0.1, 0.15) is 38.7 Å². The highest BCUT2D eigenvalue weighted by molar-refractivity contribution is 5.42. The largest absolute Gasteiger partial charge is 0.493 e. The summed E-state index contributed by atoms with van der Waals surface area (Å²) in [5.41, 5.74) is 1.25. The molecule has 0 spiro atoms. The predicted molar refractivity (Wildman–Crippen MR) is 77.8 cm³/mol. The third-order valence-corrected chi connectivity index (χ3v) is 4.01. The Bertz CT molecular complexity index is 402. The smallest absolute Gasteiger partial charge is 0.161 e. The maximum Gasteiger partial charge on any atom is 0.161 e. The lowest BCUT2D eigenvalue weighted by atomic mass is 9.80. The van der Waals surface area contributed by atoms with Crippen LogP contribution in [0.15, 0.2) is 18.2 Å². The number of benzene rings is 1. The molecule has 1 unspecified atom stereocenters. The Morgan fingerprint density at radius 2 is 2.11 bits per heavy atom. The van der Waals surface area contributed by atoms with E-state index in [4.69, 9.17) is 9.47 Å². The van der Waals surface area contributed by atoms with Crippen molar-refractivity contribution in [2.45, 2.75) is 45.7 Å². The molecule has 0 amide bonds. The molecule has 1 saturated carbocycles. The molecule has 1 aromatic rings. The van der Waals surface area contributed by atoms with Gasteiger partial charge in [-0.05, 0) is 50.3 Å². The summed E-state index contributed by atoms with van der Waals surface area (Å²) in [6.07, 6.45) is 4.15. The van der Waals surface area contributed by atoms with E-state index in [9.17, 15) is 0 Å². The SMILES string of the molecule is CCOc1cc(CNC(C)C2CCC2)ccc1OC. The lowest BCUT2D eigenvalue weighted by molar-refractivity contribution is 0.240. The molecule has 3 heteroatoms. The molecule has 19 heavy (non-hydrogen) atoms. The summed E-state index contributed by atoms with van der Waals surface area (Å²) in [7, 11) is 1.68. The maximum absolute atomic E-state index is 5.60. The minimum absolute atomic E-state index is 0.603. The molecule has 1 N–H and O–H groups in total. The summed E-state index contributed by atoms with van der Waals surface area (Å²) in [5, 5.41) is 3.61. The minimum Gasteiger partial charge on any atom is -0.493 e. The van der Waals surface area contributed by atoms with Gasteiger partial charge in [0.05, 0.1) is 13.7 Å². The van der Waals surface area contributed by atoms with Crippen LogP contribution in [0.5, 0.6) is 11.5 Å². The molecule has 0 saturated heterocycles. The Kier molecular flexibility index (Phi) is 5.08. The van der Waals surface area contributed by atoms with E-state index < -0.39 is 0 Å². The first-order valence-corrected chi connectivity index (χ1v) is 7.27. The number of hydrogen-bond acceptors (Lipinski definition) is 3.